The van der Waals surface area contributed by atoms with Crippen LogP contribution in [0.2, 0.25) is 0 Å². The largest absolute Gasteiger partial charge is 0.389 e. The van der Waals surface area contributed by atoms with Crippen LogP contribution in [0.3, 0.4) is 0 Å². The van der Waals surface area contributed by atoms with Crippen LogP contribution in [-0.2, 0) is 0 Å². The fraction of sp³-hybridized carbons (Fsp3) is 0.833. The van der Waals surface area contributed by atoms with E-state index in [1.165, 1.54) is 12.1 Å². The van der Waals surface area contributed by atoms with Gasteiger partial charge in [0.05, 0.1) is 6.10 Å². The highest BCUT2D eigenvalue weighted by Crippen LogP contribution is 2.17. The smallest absolute Gasteiger partial charge is 0.0695 e. The molecular weight excluding hydrogens is 174 g/mol. The highest BCUT2D eigenvalue weighted by molar-refractivity contribution is 5.07. The van der Waals surface area contributed by atoms with Crippen LogP contribution in [0.15, 0.2) is 11.6 Å². The molecule has 1 fully saturated rings. The third kappa shape index (κ3) is 4.25. The molecule has 1 heterocycles. The molecule has 0 amide bonds. The molecular formula is C12H23NO. The Labute approximate surface area is 87.6 Å². The summed E-state index contributed by atoms with van der Waals surface area (Å²) < 4.78 is 0. The first-order chi connectivity index (χ1) is 6.58. The summed E-state index contributed by atoms with van der Waals surface area (Å²) in [6.07, 6.45) is 4.00. The van der Waals surface area contributed by atoms with E-state index in [0.29, 0.717) is 0 Å². The summed E-state index contributed by atoms with van der Waals surface area (Å²) in [6, 6.07) is 0. The second-order valence-electron chi connectivity index (χ2n) is 4.76. The van der Waals surface area contributed by atoms with Gasteiger partial charge < -0.3 is 10.0 Å². The predicted molar refractivity (Wildman–Crippen MR) is 60.3 cm³/mol. The molecule has 82 valence electrons. The Morgan fingerprint density at radius 3 is 2.29 bits per heavy atom. The topological polar surface area (TPSA) is 23.5 Å². The fourth-order valence-corrected chi connectivity index (χ4v) is 2.05. The van der Waals surface area contributed by atoms with Crippen molar-refractivity contribution >= 4 is 0 Å². The van der Waals surface area contributed by atoms with Crippen molar-refractivity contribution in [3.8, 4) is 0 Å². The minimum Gasteiger partial charge on any atom is -0.389 e. The van der Waals surface area contributed by atoms with E-state index in [9.17, 15) is 5.11 Å². The highest BCUT2D eigenvalue weighted by Gasteiger charge is 2.14. The molecule has 1 aliphatic rings. The monoisotopic (exact) mass is 197 g/mol. The molecule has 1 saturated heterocycles. The number of likely N-dealkylation sites (tertiary alicyclic amines) is 1. The summed E-state index contributed by atoms with van der Waals surface area (Å²) in [6.45, 7) is 9.89. The first-order valence-electron chi connectivity index (χ1n) is 5.68. The number of hydrogen-bond acceptors (Lipinski definition) is 2. The van der Waals surface area contributed by atoms with Crippen molar-refractivity contribution < 1.29 is 5.11 Å². The van der Waals surface area contributed by atoms with Crippen molar-refractivity contribution in [2.75, 3.05) is 19.6 Å². The van der Waals surface area contributed by atoms with Gasteiger partial charge in [-0.3, -0.25) is 0 Å². The van der Waals surface area contributed by atoms with E-state index in [4.69, 9.17) is 0 Å². The number of aliphatic hydroxyl groups excluding tert-OH is 1. The summed E-state index contributed by atoms with van der Waals surface area (Å²) in [5.74, 6) is 0.761. The maximum Gasteiger partial charge on any atom is 0.0695 e. The number of rotatable bonds is 3. The second kappa shape index (κ2) is 5.52. The maximum absolute atomic E-state index is 9.23. The molecule has 0 aromatic rings. The van der Waals surface area contributed by atoms with Gasteiger partial charge in [0.25, 0.3) is 0 Å². The van der Waals surface area contributed by atoms with Crippen LogP contribution < -0.4 is 0 Å². The molecule has 0 aromatic carbocycles. The van der Waals surface area contributed by atoms with E-state index in [1.807, 2.05) is 13.0 Å². The number of nitrogens with zero attached hydrogens (tertiary/aromatic N) is 1. The second-order valence-corrected chi connectivity index (χ2v) is 4.76. The van der Waals surface area contributed by atoms with E-state index in [2.05, 4.69) is 18.7 Å². The lowest BCUT2D eigenvalue weighted by atomic mass is 10.0. The maximum atomic E-state index is 9.23. The Morgan fingerprint density at radius 1 is 1.29 bits per heavy atom. The van der Waals surface area contributed by atoms with Gasteiger partial charge in [0, 0.05) is 19.6 Å². The molecule has 0 bridgehead atoms. The summed E-state index contributed by atoms with van der Waals surface area (Å²) >= 11 is 0. The van der Waals surface area contributed by atoms with E-state index < -0.39 is 0 Å². The molecule has 14 heavy (non-hydrogen) atoms. The third-order valence-electron chi connectivity index (χ3n) is 2.60. The Morgan fingerprint density at radius 2 is 1.86 bits per heavy atom. The summed E-state index contributed by atoms with van der Waals surface area (Å²) in [5.41, 5.74) is 1.43. The van der Waals surface area contributed by atoms with Gasteiger partial charge in [0.15, 0.2) is 0 Å². The molecule has 0 radical (unpaired) electrons. The van der Waals surface area contributed by atoms with Crippen LogP contribution >= 0.6 is 0 Å². The van der Waals surface area contributed by atoms with Gasteiger partial charge in [-0.05, 0) is 25.7 Å². The lowest BCUT2D eigenvalue weighted by Crippen LogP contribution is -2.33. The minimum absolute atomic E-state index is 0.276. The lowest BCUT2D eigenvalue weighted by molar-refractivity contribution is 0.221. The first-order valence-corrected chi connectivity index (χ1v) is 5.68. The Kier molecular flexibility index (Phi) is 4.63. The number of aliphatic hydroxyl groups is 1. The van der Waals surface area contributed by atoms with Crippen molar-refractivity contribution in [1.82, 2.24) is 4.90 Å². The van der Waals surface area contributed by atoms with Crippen LogP contribution in [0.25, 0.3) is 0 Å². The van der Waals surface area contributed by atoms with E-state index in [0.717, 1.165) is 31.8 Å². The van der Waals surface area contributed by atoms with Crippen LogP contribution in [0.1, 0.15) is 33.6 Å². The van der Waals surface area contributed by atoms with Gasteiger partial charge in [0.2, 0.25) is 0 Å². The standard InChI is InChI=1S/C12H23NO/c1-10(2)9-13-6-4-12(5-7-13)8-11(3)14/h8,10-11,14H,4-7,9H2,1-3H3. The quantitative estimate of drug-likeness (QED) is 0.700. The molecule has 0 saturated carbocycles. The highest BCUT2D eigenvalue weighted by atomic mass is 16.3. The van der Waals surface area contributed by atoms with Crippen molar-refractivity contribution in [3.05, 3.63) is 11.6 Å². The molecule has 2 heteroatoms. The predicted octanol–water partition coefficient (Wildman–Crippen LogP) is 2.05. The minimum atomic E-state index is -0.276. The van der Waals surface area contributed by atoms with Gasteiger partial charge in [0.1, 0.15) is 0 Å². The molecule has 1 N–H and O–H groups in total. The van der Waals surface area contributed by atoms with E-state index >= 15 is 0 Å². The van der Waals surface area contributed by atoms with Crippen LogP contribution in [-0.4, -0.2) is 35.7 Å². The Bertz CT molecular complexity index is 186. The van der Waals surface area contributed by atoms with Crippen molar-refractivity contribution in [3.63, 3.8) is 0 Å². The molecule has 2 nitrogen and oxygen atoms in total. The zero-order valence-corrected chi connectivity index (χ0v) is 9.66. The van der Waals surface area contributed by atoms with Crippen molar-refractivity contribution in [1.29, 1.82) is 0 Å². The molecule has 1 aliphatic heterocycles. The zero-order chi connectivity index (χ0) is 10.6. The van der Waals surface area contributed by atoms with Crippen molar-refractivity contribution in [2.45, 2.75) is 39.7 Å². The molecule has 0 aliphatic carbocycles. The Hall–Kier alpha value is -0.340. The molecule has 0 aromatic heterocycles. The molecule has 1 rings (SSSR count). The number of hydrogen-bond donors (Lipinski definition) is 1. The summed E-state index contributed by atoms with van der Waals surface area (Å²) in [5, 5.41) is 9.23. The normalized spacial score (nSPS) is 21.4. The molecule has 1 unspecified atom stereocenters. The van der Waals surface area contributed by atoms with Gasteiger partial charge in [-0.25, -0.2) is 0 Å². The number of piperidine rings is 1. The average molecular weight is 197 g/mol. The molecule has 1 atom stereocenters. The fourth-order valence-electron chi connectivity index (χ4n) is 2.05. The van der Waals surface area contributed by atoms with Gasteiger partial charge in [-0.15, -0.1) is 0 Å². The summed E-state index contributed by atoms with van der Waals surface area (Å²) in [4.78, 5) is 2.52. The van der Waals surface area contributed by atoms with Crippen LogP contribution in [0.5, 0.6) is 0 Å². The van der Waals surface area contributed by atoms with Gasteiger partial charge in [-0.2, -0.15) is 0 Å². The average Bonchev–Trinajstić information content (AvgIpc) is 2.06. The van der Waals surface area contributed by atoms with E-state index in [1.54, 1.807) is 0 Å². The van der Waals surface area contributed by atoms with E-state index in [-0.39, 0.29) is 6.10 Å². The SMILES string of the molecule is CC(O)C=C1CCN(CC(C)C)CC1. The van der Waals surface area contributed by atoms with Crippen LogP contribution in [0, 0.1) is 5.92 Å². The molecule has 0 spiro atoms. The lowest BCUT2D eigenvalue weighted by Gasteiger charge is -2.29. The summed E-state index contributed by atoms with van der Waals surface area (Å²) in [7, 11) is 0. The Balaban J connectivity index is 2.31. The zero-order valence-electron chi connectivity index (χ0n) is 9.66. The van der Waals surface area contributed by atoms with Gasteiger partial charge in [-0.1, -0.05) is 25.5 Å². The third-order valence-corrected chi connectivity index (χ3v) is 2.60. The first kappa shape index (κ1) is 11.7. The van der Waals surface area contributed by atoms with Crippen LogP contribution in [0.4, 0.5) is 0 Å². The van der Waals surface area contributed by atoms with Gasteiger partial charge >= 0.3 is 0 Å². The van der Waals surface area contributed by atoms with Crippen molar-refractivity contribution in [2.24, 2.45) is 5.92 Å².